The molecule has 1 atom stereocenters. The molecule has 20 heteroatoms. The Morgan fingerprint density at radius 1 is 0.333 bits per heavy atom. The molecule has 18 nitrogen and oxygen atoms in total. The monoisotopic (exact) mass is 1330 g/mol. The van der Waals surface area contributed by atoms with Crippen LogP contribution in [0, 0.1) is 13.8 Å². The van der Waals surface area contributed by atoms with E-state index < -0.39 is 53.0 Å². The summed E-state index contributed by atoms with van der Waals surface area (Å²) in [5.41, 5.74) is 3.37. The molecule has 0 N–H and O–H groups in total. The summed E-state index contributed by atoms with van der Waals surface area (Å²) in [5, 5.41) is 1.88. The maximum atomic E-state index is 15.7. The Balaban J connectivity index is 0.0000108. The van der Waals surface area contributed by atoms with E-state index in [2.05, 4.69) is 0 Å². The Hall–Kier alpha value is -10.8. The minimum absolute atomic E-state index is 0. The number of carbonyl (C=O) groups is 6. The van der Waals surface area contributed by atoms with Crippen LogP contribution in [0.2, 0.25) is 0 Å². The lowest BCUT2D eigenvalue weighted by Crippen LogP contribution is -2.15. The summed E-state index contributed by atoms with van der Waals surface area (Å²) in [6, 6.07) is 59.4. The Bertz CT molecular complexity index is 4390. The van der Waals surface area contributed by atoms with E-state index in [0.29, 0.717) is 54.9 Å². The van der Waals surface area contributed by atoms with Gasteiger partial charge in [-0.15, -0.1) is 0 Å². The predicted molar refractivity (Wildman–Crippen MR) is 366 cm³/mol. The molecule has 0 heterocycles. The molecule has 1 unspecified atom stereocenters. The van der Waals surface area contributed by atoms with E-state index in [1.807, 2.05) is 24.3 Å². The molecule has 0 radical (unpaired) electrons. The molecule has 0 aromatic heterocycles. The third-order valence-corrected chi connectivity index (χ3v) is 17.3. The highest BCUT2D eigenvalue weighted by Gasteiger charge is 2.36. The van der Waals surface area contributed by atoms with Crippen LogP contribution in [0.15, 0.2) is 206 Å². The number of fused-ring (bicyclic) bond motifs is 2. The van der Waals surface area contributed by atoms with E-state index in [9.17, 15) is 19.2 Å². The summed E-state index contributed by atoms with van der Waals surface area (Å²) in [4.78, 5) is 82.6. The van der Waals surface area contributed by atoms with Crippen molar-refractivity contribution in [2.45, 2.75) is 66.2 Å². The first-order valence-corrected chi connectivity index (χ1v) is 32.4. The van der Waals surface area contributed by atoms with Crippen molar-refractivity contribution in [2.24, 2.45) is 0 Å². The predicted octanol–water partition coefficient (Wildman–Crippen LogP) is 16.9. The second-order valence-corrected chi connectivity index (χ2v) is 23.4. The van der Waals surface area contributed by atoms with Gasteiger partial charge in [-0.3, -0.25) is 19.2 Å². The summed E-state index contributed by atoms with van der Waals surface area (Å²) in [6.07, 6.45) is 0.237. The van der Waals surface area contributed by atoms with Crippen molar-refractivity contribution in [1.29, 1.82) is 0 Å². The van der Waals surface area contributed by atoms with E-state index in [1.165, 1.54) is 28.4 Å². The summed E-state index contributed by atoms with van der Waals surface area (Å²) in [7, 11) is -0.569. The highest BCUT2D eigenvalue weighted by Crippen LogP contribution is 2.56. The fourth-order valence-corrected chi connectivity index (χ4v) is 12.5. The number of para-hydroxylation sites is 6. The molecule has 0 fully saturated rings. The summed E-state index contributed by atoms with van der Waals surface area (Å²) in [6.45, 7) is 3.60. The van der Waals surface area contributed by atoms with Crippen LogP contribution < -0.4 is 36.6 Å². The number of hydrogen-bond donors (Lipinski definition) is 0. The number of hydrogen-bond acceptors (Lipinski definition) is 18. The highest BCUT2D eigenvalue weighted by molar-refractivity contribution is 7.43. The van der Waals surface area contributed by atoms with Gasteiger partial charge in [-0.05, 0) is 131 Å². The lowest BCUT2D eigenvalue weighted by molar-refractivity contribution is -0.141. The highest BCUT2D eigenvalue weighted by atomic mass is 31.2. The number of aryl methyl sites for hydroxylation is 5. The third-order valence-electron chi connectivity index (χ3n) is 15.2. The normalized spacial score (nSPS) is 11.1. The molecule has 10 aromatic rings. The zero-order valence-corrected chi connectivity index (χ0v) is 54.6. The second-order valence-electron chi connectivity index (χ2n) is 21.4. The fraction of sp³-hybridized carbons (Fsp3) is 0.184. The van der Waals surface area contributed by atoms with Crippen molar-refractivity contribution in [1.82, 2.24) is 0 Å². The molecule has 0 spiro atoms. The smallest absolute Gasteiger partial charge is 0.469 e. The van der Waals surface area contributed by atoms with Gasteiger partial charge in [0.15, 0.2) is 11.5 Å². The minimum Gasteiger partial charge on any atom is -0.469 e. The molecule has 492 valence electrons. The fourth-order valence-electron chi connectivity index (χ4n) is 10.3. The van der Waals surface area contributed by atoms with Gasteiger partial charge in [0, 0.05) is 36.0 Å². The van der Waals surface area contributed by atoms with E-state index in [1.54, 1.807) is 196 Å². The molecule has 96 heavy (non-hydrogen) atoms. The number of rotatable bonds is 28. The van der Waals surface area contributed by atoms with Gasteiger partial charge in [0.05, 0.1) is 34.9 Å². The van der Waals surface area contributed by atoms with Crippen LogP contribution >= 0.6 is 17.2 Å². The van der Waals surface area contributed by atoms with Crippen LogP contribution in [0.1, 0.15) is 80.8 Å². The van der Waals surface area contributed by atoms with Crippen LogP contribution in [0.5, 0.6) is 46.0 Å². The van der Waals surface area contributed by atoms with Crippen LogP contribution in [0.4, 0.5) is 0 Å². The van der Waals surface area contributed by atoms with Gasteiger partial charge in [-0.2, -0.15) is 0 Å². The number of benzene rings is 10. The van der Waals surface area contributed by atoms with Gasteiger partial charge in [0.25, 0.3) is 0 Å². The first-order chi connectivity index (χ1) is 46.2. The average Bonchev–Trinajstić information content (AvgIpc) is 0.731. The van der Waals surface area contributed by atoms with Gasteiger partial charge < -0.3 is 55.6 Å². The molecular weight excluding hydrogens is 1260 g/mol. The topological polar surface area (TPSA) is 213 Å². The molecule has 0 amide bonds. The number of carbonyl (C=O) groups excluding carboxylic acids is 6. The lowest BCUT2D eigenvalue weighted by Gasteiger charge is -2.27. The third kappa shape index (κ3) is 17.3. The molecule has 0 aliphatic carbocycles. The number of methoxy groups -OCH3 is 4. The van der Waals surface area contributed by atoms with Crippen molar-refractivity contribution in [3.8, 4) is 57.1 Å². The van der Waals surface area contributed by atoms with Crippen molar-refractivity contribution >= 4 is 74.6 Å². The van der Waals surface area contributed by atoms with E-state index in [-0.39, 0.29) is 121 Å². The quantitative estimate of drug-likeness (QED) is 0.0193. The van der Waals surface area contributed by atoms with Crippen LogP contribution in [0.3, 0.4) is 0 Å². The van der Waals surface area contributed by atoms with E-state index >= 15 is 9.59 Å². The lowest BCUT2D eigenvalue weighted by atomic mass is 9.88. The van der Waals surface area contributed by atoms with E-state index in [0.717, 1.165) is 0 Å². The molecule has 0 saturated heterocycles. The number of esters is 6. The van der Waals surface area contributed by atoms with Gasteiger partial charge in [-0.25, -0.2) is 9.59 Å². The largest absolute Gasteiger partial charge is 0.530 e. The van der Waals surface area contributed by atoms with Gasteiger partial charge in [0.2, 0.25) is 0 Å². The first kappa shape index (κ1) is 69.5. The van der Waals surface area contributed by atoms with Crippen LogP contribution in [-0.4, -0.2) is 64.3 Å². The molecule has 0 aliphatic heterocycles. The van der Waals surface area contributed by atoms with Crippen molar-refractivity contribution in [3.63, 3.8) is 0 Å². The maximum absolute atomic E-state index is 15.7. The van der Waals surface area contributed by atoms with Crippen molar-refractivity contribution in [2.75, 3.05) is 28.4 Å². The molecule has 10 rings (SSSR count). The van der Waals surface area contributed by atoms with Crippen LogP contribution in [-0.2, 0) is 63.8 Å². The molecule has 0 bridgehead atoms. The summed E-state index contributed by atoms with van der Waals surface area (Å²) >= 11 is 0. The molecule has 10 aromatic carbocycles. The second kappa shape index (κ2) is 33.3. The zero-order chi connectivity index (χ0) is 66.8. The zero-order valence-electron chi connectivity index (χ0n) is 52.8. The Morgan fingerprint density at radius 3 is 0.969 bits per heavy atom. The first-order valence-electron chi connectivity index (χ1n) is 30.2. The minimum atomic E-state index is -2.89. The maximum Gasteiger partial charge on any atom is 0.530 e. The molecule has 0 aliphatic rings. The van der Waals surface area contributed by atoms with Gasteiger partial charge >= 0.3 is 53.0 Å². The average molecular weight is 1330 g/mol. The Kier molecular flexibility index (Phi) is 24.2. The Labute approximate surface area is 558 Å². The molecule has 0 saturated carbocycles. The van der Waals surface area contributed by atoms with Crippen LogP contribution in [0.25, 0.3) is 32.7 Å². The standard InChI is InChI=1S/C75H66O18P2.CH4/c1-48-23-7-17-33-60(48)86-74(80)58-45-53-28-9-15-31-56(53)70(72(58)92-94(88-62-35-19-11-25-50(62)39-42-66(76)82-3)89-63-36-20-12-26-51(63)40-43-67(77)83-4)71-57-32-16-10-29-54(57)46-59(75(81)87-61-34-18-8-24-49(61)2)73(71)93-95(91-65-38-22-14-30-55(65)47-69(79)85-6)90-64-37-21-13-27-52(64)41-44-68(78)84-5;/h7-38,45-46H,39-44,47H2,1-6H3;1H4. The number of ether oxygens (including phenoxy) is 6. The molecular formula is C76H70O18P2. The van der Waals surface area contributed by atoms with E-state index in [4.69, 9.17) is 55.6 Å². The van der Waals surface area contributed by atoms with Gasteiger partial charge in [-0.1, -0.05) is 165 Å². The summed E-state index contributed by atoms with van der Waals surface area (Å²) in [5.74, 6) is -2.77. The SMILES string of the molecule is C.COC(=O)CCc1ccccc1OP(Oc1ccccc1CCC(=O)OC)Oc1c(C(=O)Oc2ccccc2C)cc2ccccc2c1-c1c(OP(Oc2ccccc2CCC(=O)OC)Oc2ccccc2CC(=O)OC)c(C(=O)Oc2ccccc2C)cc2ccccc12. The summed E-state index contributed by atoms with van der Waals surface area (Å²) < 4.78 is 75.5. The van der Waals surface area contributed by atoms with Gasteiger partial charge in [0.1, 0.15) is 45.6 Å². The van der Waals surface area contributed by atoms with Crippen molar-refractivity contribution in [3.05, 3.63) is 251 Å². The van der Waals surface area contributed by atoms with Crippen molar-refractivity contribution < 1.29 is 84.3 Å². The Morgan fingerprint density at radius 2 is 0.625 bits per heavy atom.